The van der Waals surface area contributed by atoms with Crippen molar-refractivity contribution in [2.45, 2.75) is 32.0 Å². The quantitative estimate of drug-likeness (QED) is 0.496. The Morgan fingerprint density at radius 1 is 1.27 bits per heavy atom. The number of nitrogen functional groups attached to an aromatic ring is 1. The molecule has 0 atom stereocenters. The van der Waals surface area contributed by atoms with Crippen molar-refractivity contribution >= 4 is 22.2 Å². The first kappa shape index (κ1) is 22.4. The number of hydrogen-bond donors (Lipinski definition) is 4. The minimum atomic E-state index is -4.62. The molecule has 1 fully saturated rings. The monoisotopic (exact) mass is 446 g/mol. The standard InChI is InChI=1S/C19H25F3N4O3S/c20-19(21,22)17-11-16(24-25-17)18(27)26(12-14-3-1-2-4-15(14)23)8-5-13-6-9-30(28,29)10-7-13/h1-4,11,13,28-29H,5-10,12,23H2,(H,24,25). The molecule has 1 saturated heterocycles. The van der Waals surface area contributed by atoms with Crippen LogP contribution in [0.5, 0.6) is 0 Å². The Hall–Kier alpha value is -2.24. The smallest absolute Gasteiger partial charge is 0.398 e. The van der Waals surface area contributed by atoms with Crippen LogP contribution in [-0.4, -0.2) is 48.2 Å². The molecule has 0 saturated carbocycles. The maximum atomic E-state index is 12.9. The molecule has 3 rings (SSSR count). The maximum Gasteiger partial charge on any atom is 0.432 e. The molecule has 1 aromatic heterocycles. The van der Waals surface area contributed by atoms with Crippen molar-refractivity contribution in [1.29, 1.82) is 0 Å². The minimum Gasteiger partial charge on any atom is -0.398 e. The molecule has 5 N–H and O–H groups in total. The van der Waals surface area contributed by atoms with E-state index in [2.05, 4.69) is 5.10 Å². The van der Waals surface area contributed by atoms with Gasteiger partial charge in [0.15, 0.2) is 5.69 Å². The number of carbonyl (C=O) groups is 1. The molecule has 0 bridgehead atoms. The van der Waals surface area contributed by atoms with E-state index in [-0.39, 0.29) is 18.2 Å². The molecule has 11 heteroatoms. The van der Waals surface area contributed by atoms with Crippen molar-refractivity contribution in [2.24, 2.45) is 5.92 Å². The van der Waals surface area contributed by atoms with Gasteiger partial charge in [-0.2, -0.15) is 28.9 Å². The summed E-state index contributed by atoms with van der Waals surface area (Å²) >= 11 is 0. The highest BCUT2D eigenvalue weighted by molar-refractivity contribution is 8.24. The summed E-state index contributed by atoms with van der Waals surface area (Å²) < 4.78 is 58.1. The highest BCUT2D eigenvalue weighted by Crippen LogP contribution is 2.46. The number of nitrogens with zero attached hydrogens (tertiary/aromatic N) is 2. The van der Waals surface area contributed by atoms with Gasteiger partial charge in [-0.1, -0.05) is 18.2 Å². The molecule has 2 aromatic rings. The molecule has 30 heavy (non-hydrogen) atoms. The maximum absolute atomic E-state index is 12.9. The molecule has 0 radical (unpaired) electrons. The van der Waals surface area contributed by atoms with E-state index in [4.69, 9.17) is 5.73 Å². The number of halogens is 3. The number of hydrogen-bond acceptors (Lipinski definition) is 5. The molecule has 2 heterocycles. The zero-order valence-corrected chi connectivity index (χ0v) is 17.0. The van der Waals surface area contributed by atoms with Gasteiger partial charge in [-0.25, -0.2) is 0 Å². The molecule has 1 aromatic carbocycles. The third-order valence-electron chi connectivity index (χ3n) is 5.32. The molecule has 0 unspecified atom stereocenters. The van der Waals surface area contributed by atoms with Crippen molar-refractivity contribution in [2.75, 3.05) is 23.8 Å². The van der Waals surface area contributed by atoms with Gasteiger partial charge < -0.3 is 10.6 Å². The van der Waals surface area contributed by atoms with Crippen LogP contribution in [0, 0.1) is 5.92 Å². The van der Waals surface area contributed by atoms with Crippen LogP contribution in [0.15, 0.2) is 30.3 Å². The van der Waals surface area contributed by atoms with Gasteiger partial charge in [0.05, 0.1) is 0 Å². The second-order valence-electron chi connectivity index (χ2n) is 7.53. The first-order chi connectivity index (χ1) is 14.0. The summed E-state index contributed by atoms with van der Waals surface area (Å²) in [6, 6.07) is 7.70. The number of amides is 1. The summed E-state index contributed by atoms with van der Waals surface area (Å²) in [7, 11) is -2.50. The second-order valence-corrected chi connectivity index (χ2v) is 9.95. The molecular formula is C19H25F3N4O3S. The Morgan fingerprint density at radius 3 is 2.53 bits per heavy atom. The van der Waals surface area contributed by atoms with Gasteiger partial charge >= 0.3 is 6.18 Å². The molecule has 0 aliphatic carbocycles. The number of anilines is 1. The number of para-hydroxylation sites is 1. The SMILES string of the molecule is Nc1ccccc1CN(CCC1CCS(O)(O)CC1)C(=O)c1cc(C(F)(F)F)[nH]n1. The summed E-state index contributed by atoms with van der Waals surface area (Å²) in [6.45, 7) is 0.437. The summed E-state index contributed by atoms with van der Waals surface area (Å²) in [5.74, 6) is 0.264. The first-order valence-corrected chi connectivity index (χ1v) is 11.4. The van der Waals surface area contributed by atoms with Crippen molar-refractivity contribution < 1.29 is 27.1 Å². The van der Waals surface area contributed by atoms with Gasteiger partial charge in [-0.15, -0.1) is 0 Å². The molecule has 0 spiro atoms. The van der Waals surface area contributed by atoms with Crippen LogP contribution in [0.4, 0.5) is 18.9 Å². The fourth-order valence-corrected chi connectivity index (χ4v) is 5.08. The van der Waals surface area contributed by atoms with Crippen molar-refractivity contribution in [3.8, 4) is 0 Å². The molecular weight excluding hydrogens is 421 g/mol. The molecule has 1 amide bonds. The predicted molar refractivity (Wildman–Crippen MR) is 109 cm³/mol. The number of alkyl halides is 3. The van der Waals surface area contributed by atoms with Crippen LogP contribution in [0.25, 0.3) is 0 Å². The number of carbonyl (C=O) groups excluding carboxylic acids is 1. The van der Waals surface area contributed by atoms with Gasteiger partial charge in [0, 0.05) is 36.3 Å². The predicted octanol–water partition coefficient (Wildman–Crippen LogP) is 4.20. The largest absolute Gasteiger partial charge is 0.432 e. The van der Waals surface area contributed by atoms with Crippen molar-refractivity contribution in [3.05, 3.63) is 47.3 Å². The average Bonchev–Trinajstić information content (AvgIpc) is 3.17. The lowest BCUT2D eigenvalue weighted by Gasteiger charge is -2.39. The van der Waals surface area contributed by atoms with E-state index in [0.29, 0.717) is 54.6 Å². The second kappa shape index (κ2) is 8.86. The van der Waals surface area contributed by atoms with Crippen LogP contribution < -0.4 is 5.73 Å². The summed E-state index contributed by atoms with van der Waals surface area (Å²) in [5, 5.41) is 5.42. The molecule has 1 aliphatic heterocycles. The van der Waals surface area contributed by atoms with Crippen molar-refractivity contribution in [1.82, 2.24) is 15.1 Å². The molecule has 1 aliphatic rings. The third-order valence-corrected chi connectivity index (χ3v) is 7.10. The Morgan fingerprint density at radius 2 is 1.93 bits per heavy atom. The number of aromatic amines is 1. The Bertz CT molecular complexity index is 878. The Balaban J connectivity index is 1.74. The number of nitrogens with two attached hydrogens (primary N) is 1. The lowest BCUT2D eigenvalue weighted by atomic mass is 9.98. The van der Waals surface area contributed by atoms with E-state index in [0.717, 1.165) is 0 Å². The highest BCUT2D eigenvalue weighted by atomic mass is 32.3. The van der Waals surface area contributed by atoms with Crippen LogP contribution in [0.1, 0.15) is 41.0 Å². The summed E-state index contributed by atoms with van der Waals surface area (Å²) in [5.41, 5.74) is 5.76. The van der Waals surface area contributed by atoms with Crippen LogP contribution in [-0.2, 0) is 12.7 Å². The van der Waals surface area contributed by atoms with Gasteiger partial charge in [-0.05, 0) is 36.8 Å². The lowest BCUT2D eigenvalue weighted by molar-refractivity contribution is -0.141. The number of aromatic nitrogens is 2. The van der Waals surface area contributed by atoms with E-state index in [9.17, 15) is 27.1 Å². The van der Waals surface area contributed by atoms with E-state index < -0.39 is 28.4 Å². The van der Waals surface area contributed by atoms with Gasteiger partial charge in [-0.3, -0.25) is 19.0 Å². The van der Waals surface area contributed by atoms with E-state index >= 15 is 0 Å². The average molecular weight is 446 g/mol. The lowest BCUT2D eigenvalue weighted by Crippen LogP contribution is -2.34. The third kappa shape index (κ3) is 5.67. The van der Waals surface area contributed by atoms with Crippen molar-refractivity contribution in [3.63, 3.8) is 0 Å². The summed E-state index contributed by atoms with van der Waals surface area (Å²) in [6.07, 6.45) is -2.74. The number of H-pyrrole nitrogens is 1. The van der Waals surface area contributed by atoms with E-state index in [1.165, 1.54) is 4.90 Å². The highest BCUT2D eigenvalue weighted by Gasteiger charge is 2.34. The van der Waals surface area contributed by atoms with Crippen LogP contribution >= 0.6 is 10.6 Å². The number of rotatable bonds is 6. The molecule has 166 valence electrons. The Labute approximate surface area is 173 Å². The first-order valence-electron chi connectivity index (χ1n) is 9.54. The zero-order chi connectivity index (χ0) is 21.9. The van der Waals surface area contributed by atoms with Gasteiger partial charge in [0.25, 0.3) is 5.91 Å². The van der Waals surface area contributed by atoms with Crippen LogP contribution in [0.3, 0.4) is 0 Å². The number of nitrogens with one attached hydrogen (secondary N) is 1. The molecule has 7 nitrogen and oxygen atoms in total. The van der Waals surface area contributed by atoms with Gasteiger partial charge in [0.2, 0.25) is 0 Å². The zero-order valence-electron chi connectivity index (χ0n) is 16.2. The summed E-state index contributed by atoms with van der Waals surface area (Å²) in [4.78, 5) is 14.4. The fourth-order valence-electron chi connectivity index (χ4n) is 3.46. The van der Waals surface area contributed by atoms with E-state index in [1.54, 1.807) is 24.3 Å². The van der Waals surface area contributed by atoms with Gasteiger partial charge in [0.1, 0.15) is 5.69 Å². The normalized spacial score (nSPS) is 18.2. The Kier molecular flexibility index (Phi) is 6.63. The van der Waals surface area contributed by atoms with Crippen LogP contribution in [0.2, 0.25) is 0 Å². The topological polar surface area (TPSA) is 115 Å². The fraction of sp³-hybridized carbons (Fsp3) is 0.474. The van der Waals surface area contributed by atoms with E-state index in [1.807, 2.05) is 5.10 Å². The number of benzene rings is 1. The minimum absolute atomic E-state index is 0.141.